The summed E-state index contributed by atoms with van der Waals surface area (Å²) in [6.07, 6.45) is 1.53. The van der Waals surface area contributed by atoms with Gasteiger partial charge >= 0.3 is 0 Å². The van der Waals surface area contributed by atoms with E-state index in [1.807, 2.05) is 26.4 Å². The number of hydrogen-bond donors (Lipinski definition) is 1. The summed E-state index contributed by atoms with van der Waals surface area (Å²) in [5.41, 5.74) is 2.07. The largest absolute Gasteiger partial charge is 0.459 e. The molecule has 0 aliphatic heterocycles. The Labute approximate surface area is 117 Å². The summed E-state index contributed by atoms with van der Waals surface area (Å²) in [7, 11) is 4.01. The molecular weight excluding hydrogens is 260 g/mol. The third-order valence-corrected chi connectivity index (χ3v) is 3.78. The highest BCUT2D eigenvalue weighted by Crippen LogP contribution is 2.20. The van der Waals surface area contributed by atoms with Gasteiger partial charge in [0.1, 0.15) is 0 Å². The lowest BCUT2D eigenvalue weighted by Crippen LogP contribution is -2.34. The highest BCUT2D eigenvalue weighted by Gasteiger charge is 2.18. The summed E-state index contributed by atoms with van der Waals surface area (Å²) in [6, 6.07) is 4.04. The fourth-order valence-electron chi connectivity index (χ4n) is 1.94. The van der Waals surface area contributed by atoms with Gasteiger partial charge in [0.25, 0.3) is 5.91 Å². The van der Waals surface area contributed by atoms with Crippen LogP contribution < -0.4 is 5.32 Å². The maximum absolute atomic E-state index is 12.0. The molecule has 0 aliphatic carbocycles. The van der Waals surface area contributed by atoms with E-state index < -0.39 is 0 Å². The quantitative estimate of drug-likeness (QED) is 0.914. The van der Waals surface area contributed by atoms with E-state index in [0.29, 0.717) is 12.3 Å². The van der Waals surface area contributed by atoms with Gasteiger partial charge in [0.2, 0.25) is 0 Å². The normalized spacial score (nSPS) is 12.6. The third-order valence-electron chi connectivity index (χ3n) is 3.08. The first kappa shape index (κ1) is 13.8. The molecule has 1 N–H and O–H groups in total. The topological polar surface area (TPSA) is 45.5 Å². The Morgan fingerprint density at radius 3 is 2.79 bits per heavy atom. The number of hydrogen-bond acceptors (Lipinski definition) is 4. The average Bonchev–Trinajstić information content (AvgIpc) is 3.00. The van der Waals surface area contributed by atoms with E-state index in [-0.39, 0.29) is 11.9 Å². The Morgan fingerprint density at radius 1 is 1.47 bits per heavy atom. The number of aryl methyl sites for hydroxylation is 1. The van der Waals surface area contributed by atoms with Gasteiger partial charge in [-0.25, -0.2) is 0 Å². The van der Waals surface area contributed by atoms with E-state index in [0.717, 1.165) is 5.56 Å². The van der Waals surface area contributed by atoms with Gasteiger partial charge < -0.3 is 14.6 Å². The Kier molecular flexibility index (Phi) is 4.39. The maximum Gasteiger partial charge on any atom is 0.287 e. The van der Waals surface area contributed by atoms with E-state index >= 15 is 0 Å². The minimum absolute atomic E-state index is 0.162. The fourth-order valence-corrected chi connectivity index (χ4v) is 2.65. The van der Waals surface area contributed by atoms with Crippen molar-refractivity contribution in [2.45, 2.75) is 13.0 Å². The van der Waals surface area contributed by atoms with Crippen LogP contribution in [0, 0.1) is 6.92 Å². The molecule has 0 saturated carbocycles. The second-order valence-corrected chi connectivity index (χ2v) is 5.46. The molecular formula is C14H18N2O2S. The molecule has 0 fully saturated rings. The van der Waals surface area contributed by atoms with Gasteiger partial charge in [0, 0.05) is 12.1 Å². The van der Waals surface area contributed by atoms with Crippen LogP contribution in [0.4, 0.5) is 0 Å². The molecule has 0 unspecified atom stereocenters. The maximum atomic E-state index is 12.0. The number of nitrogens with one attached hydrogen (secondary N) is 1. The first-order valence-electron chi connectivity index (χ1n) is 6.10. The zero-order valence-corrected chi connectivity index (χ0v) is 12.2. The van der Waals surface area contributed by atoms with Gasteiger partial charge in [0.05, 0.1) is 12.3 Å². The van der Waals surface area contributed by atoms with Crippen LogP contribution in [-0.2, 0) is 0 Å². The molecule has 0 aromatic carbocycles. The molecule has 0 spiro atoms. The smallest absolute Gasteiger partial charge is 0.287 e. The number of nitrogens with zero attached hydrogens (tertiary/aromatic N) is 1. The lowest BCUT2D eigenvalue weighted by atomic mass is 10.1. The molecule has 2 rings (SSSR count). The summed E-state index contributed by atoms with van der Waals surface area (Å²) in [6.45, 7) is 2.42. The third kappa shape index (κ3) is 3.24. The molecule has 102 valence electrons. The lowest BCUT2D eigenvalue weighted by molar-refractivity contribution is 0.0913. The molecule has 19 heavy (non-hydrogen) atoms. The lowest BCUT2D eigenvalue weighted by Gasteiger charge is -2.23. The van der Waals surface area contributed by atoms with Crippen molar-refractivity contribution in [2.75, 3.05) is 20.6 Å². The number of thiophene rings is 1. The number of likely N-dealkylation sites (N-methyl/N-ethyl adjacent to an activating group) is 1. The van der Waals surface area contributed by atoms with Gasteiger partial charge in [-0.2, -0.15) is 11.3 Å². The fraction of sp³-hybridized carbons (Fsp3) is 0.357. The van der Waals surface area contributed by atoms with Crippen LogP contribution in [0.15, 0.2) is 33.6 Å². The molecule has 1 amide bonds. The van der Waals surface area contributed by atoms with Crippen LogP contribution in [0.5, 0.6) is 0 Å². The number of furan rings is 1. The SMILES string of the molecule is Cc1ccoc1C(=O)NC[C@@H](c1ccsc1)N(C)C. The van der Waals surface area contributed by atoms with E-state index in [9.17, 15) is 4.79 Å². The standard InChI is InChI=1S/C14H18N2O2S/c1-10-4-6-18-13(10)14(17)15-8-12(16(2)3)11-5-7-19-9-11/h4-7,9,12H,8H2,1-3H3,(H,15,17)/t12-/m0/s1. The molecule has 0 aliphatic rings. The van der Waals surface area contributed by atoms with Gasteiger partial charge in [-0.15, -0.1) is 0 Å². The summed E-state index contributed by atoms with van der Waals surface area (Å²) in [4.78, 5) is 14.1. The zero-order chi connectivity index (χ0) is 13.8. The summed E-state index contributed by atoms with van der Waals surface area (Å²) < 4.78 is 5.19. The van der Waals surface area contributed by atoms with Crippen LogP contribution in [-0.4, -0.2) is 31.4 Å². The molecule has 0 saturated heterocycles. The highest BCUT2D eigenvalue weighted by molar-refractivity contribution is 7.07. The van der Waals surface area contributed by atoms with Gasteiger partial charge in [-0.1, -0.05) is 0 Å². The second-order valence-electron chi connectivity index (χ2n) is 4.68. The van der Waals surface area contributed by atoms with Gasteiger partial charge in [0.15, 0.2) is 5.76 Å². The van der Waals surface area contributed by atoms with Crippen molar-refractivity contribution in [2.24, 2.45) is 0 Å². The molecule has 5 heteroatoms. The highest BCUT2D eigenvalue weighted by atomic mass is 32.1. The molecule has 0 radical (unpaired) electrons. The number of rotatable bonds is 5. The Morgan fingerprint density at radius 2 is 2.26 bits per heavy atom. The summed E-state index contributed by atoms with van der Waals surface area (Å²) in [5.74, 6) is 0.229. The first-order valence-corrected chi connectivity index (χ1v) is 7.04. The van der Waals surface area contributed by atoms with Crippen molar-refractivity contribution in [1.29, 1.82) is 0 Å². The van der Waals surface area contributed by atoms with Crippen LogP contribution in [0.3, 0.4) is 0 Å². The number of carbonyl (C=O) groups is 1. The Hall–Kier alpha value is -1.59. The molecule has 2 aromatic rings. The van der Waals surface area contributed by atoms with E-state index in [4.69, 9.17) is 4.42 Å². The molecule has 4 nitrogen and oxygen atoms in total. The summed E-state index contributed by atoms with van der Waals surface area (Å²) >= 11 is 1.66. The van der Waals surface area contributed by atoms with Crippen molar-refractivity contribution in [3.63, 3.8) is 0 Å². The molecule has 2 heterocycles. The van der Waals surface area contributed by atoms with Crippen molar-refractivity contribution in [3.8, 4) is 0 Å². The molecule has 2 aromatic heterocycles. The Bertz CT molecular complexity index is 531. The van der Waals surface area contributed by atoms with Gasteiger partial charge in [-0.3, -0.25) is 4.79 Å². The second kappa shape index (κ2) is 6.04. The predicted molar refractivity (Wildman–Crippen MR) is 76.5 cm³/mol. The monoisotopic (exact) mass is 278 g/mol. The average molecular weight is 278 g/mol. The van der Waals surface area contributed by atoms with Crippen molar-refractivity contribution < 1.29 is 9.21 Å². The van der Waals surface area contributed by atoms with Crippen LogP contribution in [0.2, 0.25) is 0 Å². The van der Waals surface area contributed by atoms with Crippen molar-refractivity contribution in [3.05, 3.63) is 46.0 Å². The zero-order valence-electron chi connectivity index (χ0n) is 11.3. The number of carbonyl (C=O) groups excluding carboxylic acids is 1. The van der Waals surface area contributed by atoms with Crippen molar-refractivity contribution >= 4 is 17.2 Å². The van der Waals surface area contributed by atoms with E-state index in [1.54, 1.807) is 17.4 Å². The molecule has 0 bridgehead atoms. The molecule has 1 atom stereocenters. The number of amides is 1. The van der Waals surface area contributed by atoms with Crippen LogP contribution >= 0.6 is 11.3 Å². The van der Waals surface area contributed by atoms with Crippen LogP contribution in [0.25, 0.3) is 0 Å². The van der Waals surface area contributed by atoms with Gasteiger partial charge in [-0.05, 0) is 49.5 Å². The van der Waals surface area contributed by atoms with E-state index in [2.05, 4.69) is 21.7 Å². The van der Waals surface area contributed by atoms with Crippen LogP contribution in [0.1, 0.15) is 27.7 Å². The van der Waals surface area contributed by atoms with Crippen molar-refractivity contribution in [1.82, 2.24) is 10.2 Å². The minimum atomic E-state index is -0.162. The first-order chi connectivity index (χ1) is 9.09. The van der Waals surface area contributed by atoms with E-state index in [1.165, 1.54) is 11.8 Å². The Balaban J connectivity index is 2.00. The minimum Gasteiger partial charge on any atom is -0.459 e. The predicted octanol–water partition coefficient (Wildman–Crippen LogP) is 2.68. The summed E-state index contributed by atoms with van der Waals surface area (Å²) in [5, 5.41) is 7.08.